The number of nitrogens with zero attached hydrogens (tertiary/aromatic N) is 2. The number of rotatable bonds is 5. The number of carbonyl (C=O) groups excluding carboxylic acids is 2. The van der Waals surface area contributed by atoms with Gasteiger partial charge in [-0.3, -0.25) is 9.59 Å². The van der Waals surface area contributed by atoms with Crippen molar-refractivity contribution in [3.63, 3.8) is 0 Å². The first-order valence-electron chi connectivity index (χ1n) is 7.52. The van der Waals surface area contributed by atoms with Gasteiger partial charge in [0.2, 0.25) is 5.91 Å². The lowest BCUT2D eigenvalue weighted by Gasteiger charge is -2.25. The summed E-state index contributed by atoms with van der Waals surface area (Å²) < 4.78 is 5.59. The number of benzene rings is 1. The van der Waals surface area contributed by atoms with E-state index < -0.39 is 0 Å². The summed E-state index contributed by atoms with van der Waals surface area (Å²) in [5, 5.41) is 0. The molecule has 0 unspecified atom stereocenters. The van der Waals surface area contributed by atoms with E-state index in [0.29, 0.717) is 18.7 Å². The van der Waals surface area contributed by atoms with Crippen LogP contribution in [0.3, 0.4) is 0 Å². The molecule has 22 heavy (non-hydrogen) atoms. The molecule has 0 N–H and O–H groups in total. The molecule has 0 radical (unpaired) electrons. The third-order valence-corrected chi connectivity index (χ3v) is 3.74. The Labute approximate surface area is 131 Å². The van der Waals surface area contributed by atoms with Crippen molar-refractivity contribution < 1.29 is 14.3 Å². The van der Waals surface area contributed by atoms with E-state index in [-0.39, 0.29) is 25.0 Å². The SMILES string of the molecule is CCN(CC)C(=O)CN(C)C(=O)C1=Cc2ccccc2OC1. The third-order valence-electron chi connectivity index (χ3n) is 3.74. The van der Waals surface area contributed by atoms with Crippen LogP contribution in [0.1, 0.15) is 19.4 Å². The maximum atomic E-state index is 12.4. The molecular formula is C17H22N2O3. The van der Waals surface area contributed by atoms with Gasteiger partial charge in [0.05, 0.1) is 12.1 Å². The number of hydrogen-bond acceptors (Lipinski definition) is 3. The van der Waals surface area contributed by atoms with E-state index in [1.807, 2.05) is 44.2 Å². The Kier molecular flexibility index (Phi) is 5.20. The standard InChI is InChI=1S/C17H22N2O3/c1-4-19(5-2)16(20)11-18(3)17(21)14-10-13-8-6-7-9-15(13)22-12-14/h6-10H,4-5,11-12H2,1-3H3. The van der Waals surface area contributed by atoms with Gasteiger partial charge in [-0.1, -0.05) is 18.2 Å². The molecule has 2 rings (SSSR count). The summed E-state index contributed by atoms with van der Waals surface area (Å²) in [4.78, 5) is 27.7. The topological polar surface area (TPSA) is 49.9 Å². The van der Waals surface area contributed by atoms with Crippen molar-refractivity contribution in [2.24, 2.45) is 0 Å². The molecule has 2 amide bonds. The largest absolute Gasteiger partial charge is 0.488 e. The fourth-order valence-electron chi connectivity index (χ4n) is 2.44. The second-order valence-electron chi connectivity index (χ2n) is 5.22. The minimum absolute atomic E-state index is 0.0430. The minimum atomic E-state index is -0.171. The van der Waals surface area contributed by atoms with Gasteiger partial charge < -0.3 is 14.5 Å². The van der Waals surface area contributed by atoms with Crippen molar-refractivity contribution >= 4 is 17.9 Å². The van der Waals surface area contributed by atoms with E-state index in [9.17, 15) is 9.59 Å². The van der Waals surface area contributed by atoms with Gasteiger partial charge in [-0.05, 0) is 26.0 Å². The lowest BCUT2D eigenvalue weighted by atomic mass is 10.1. The average molecular weight is 302 g/mol. The van der Waals surface area contributed by atoms with Gasteiger partial charge in [0, 0.05) is 25.7 Å². The second kappa shape index (κ2) is 7.11. The lowest BCUT2D eigenvalue weighted by molar-refractivity contribution is -0.137. The van der Waals surface area contributed by atoms with Crippen LogP contribution < -0.4 is 4.74 Å². The highest BCUT2D eigenvalue weighted by Crippen LogP contribution is 2.26. The van der Waals surface area contributed by atoms with E-state index in [4.69, 9.17) is 4.74 Å². The Balaban J connectivity index is 2.06. The molecule has 0 saturated heterocycles. The van der Waals surface area contributed by atoms with Crippen LogP contribution in [0.15, 0.2) is 29.8 Å². The fraction of sp³-hybridized carbons (Fsp3) is 0.412. The van der Waals surface area contributed by atoms with Gasteiger partial charge in [0.25, 0.3) is 5.91 Å². The van der Waals surface area contributed by atoms with Crippen LogP contribution in [-0.2, 0) is 9.59 Å². The zero-order valence-corrected chi connectivity index (χ0v) is 13.3. The summed E-state index contributed by atoms with van der Waals surface area (Å²) in [6, 6.07) is 7.58. The smallest absolute Gasteiger partial charge is 0.253 e. The molecule has 0 bridgehead atoms. The predicted octanol–water partition coefficient (Wildman–Crippen LogP) is 1.79. The molecular weight excluding hydrogens is 280 g/mol. The van der Waals surface area contributed by atoms with Crippen LogP contribution in [0.4, 0.5) is 0 Å². The van der Waals surface area contributed by atoms with Crippen molar-refractivity contribution in [2.45, 2.75) is 13.8 Å². The highest BCUT2D eigenvalue weighted by molar-refractivity contribution is 6.00. The summed E-state index contributed by atoms with van der Waals surface area (Å²) in [7, 11) is 1.64. The van der Waals surface area contributed by atoms with Gasteiger partial charge in [0.15, 0.2) is 0 Å². The molecule has 0 spiro atoms. The van der Waals surface area contributed by atoms with Gasteiger partial charge in [-0.15, -0.1) is 0 Å². The Morgan fingerprint density at radius 1 is 1.18 bits per heavy atom. The maximum absolute atomic E-state index is 12.4. The summed E-state index contributed by atoms with van der Waals surface area (Å²) in [5.74, 6) is 0.564. The van der Waals surface area contributed by atoms with E-state index in [1.165, 1.54) is 4.90 Å². The van der Waals surface area contributed by atoms with Crippen LogP contribution in [-0.4, -0.2) is 54.9 Å². The molecule has 0 aliphatic carbocycles. The molecule has 0 atom stereocenters. The number of likely N-dealkylation sites (N-methyl/N-ethyl adjacent to an activating group) is 2. The van der Waals surface area contributed by atoms with Crippen LogP contribution in [0.25, 0.3) is 6.08 Å². The Morgan fingerprint density at radius 3 is 2.55 bits per heavy atom. The molecule has 118 valence electrons. The van der Waals surface area contributed by atoms with E-state index in [0.717, 1.165) is 11.3 Å². The fourth-order valence-corrected chi connectivity index (χ4v) is 2.44. The quantitative estimate of drug-likeness (QED) is 0.833. The number of para-hydroxylation sites is 1. The highest BCUT2D eigenvalue weighted by Gasteiger charge is 2.22. The summed E-state index contributed by atoms with van der Waals surface area (Å²) in [6.45, 7) is 5.47. The van der Waals surface area contributed by atoms with E-state index in [1.54, 1.807) is 11.9 Å². The summed E-state index contributed by atoms with van der Waals surface area (Å²) in [6.07, 6.45) is 1.83. The summed E-state index contributed by atoms with van der Waals surface area (Å²) >= 11 is 0. The van der Waals surface area contributed by atoms with Crippen LogP contribution in [0.2, 0.25) is 0 Å². The number of ether oxygens (including phenoxy) is 1. The van der Waals surface area contributed by atoms with Gasteiger partial charge >= 0.3 is 0 Å². The zero-order valence-electron chi connectivity index (χ0n) is 13.3. The Bertz CT molecular complexity index is 591. The van der Waals surface area contributed by atoms with E-state index >= 15 is 0 Å². The van der Waals surface area contributed by atoms with Crippen molar-refractivity contribution in [2.75, 3.05) is 33.3 Å². The number of carbonyl (C=O) groups is 2. The van der Waals surface area contributed by atoms with Crippen LogP contribution in [0, 0.1) is 0 Å². The monoisotopic (exact) mass is 302 g/mol. The molecule has 0 aromatic heterocycles. The van der Waals surface area contributed by atoms with Crippen molar-refractivity contribution in [1.82, 2.24) is 9.80 Å². The predicted molar refractivity (Wildman–Crippen MR) is 85.5 cm³/mol. The lowest BCUT2D eigenvalue weighted by Crippen LogP contribution is -2.42. The van der Waals surface area contributed by atoms with Crippen LogP contribution >= 0.6 is 0 Å². The highest BCUT2D eigenvalue weighted by atomic mass is 16.5. The number of amides is 2. The molecule has 1 aliphatic heterocycles. The first-order valence-corrected chi connectivity index (χ1v) is 7.52. The van der Waals surface area contributed by atoms with Crippen molar-refractivity contribution in [1.29, 1.82) is 0 Å². The molecule has 1 heterocycles. The number of hydrogen-bond donors (Lipinski definition) is 0. The molecule has 1 aliphatic rings. The number of fused-ring (bicyclic) bond motifs is 1. The Morgan fingerprint density at radius 2 is 1.86 bits per heavy atom. The molecule has 0 saturated carbocycles. The molecule has 5 heteroatoms. The van der Waals surface area contributed by atoms with Gasteiger partial charge in [-0.2, -0.15) is 0 Å². The third kappa shape index (κ3) is 3.47. The molecule has 1 aromatic rings. The average Bonchev–Trinajstić information content (AvgIpc) is 2.54. The zero-order chi connectivity index (χ0) is 16.1. The molecule has 0 fully saturated rings. The normalized spacial score (nSPS) is 12.8. The van der Waals surface area contributed by atoms with Crippen molar-refractivity contribution in [3.8, 4) is 5.75 Å². The maximum Gasteiger partial charge on any atom is 0.253 e. The van der Waals surface area contributed by atoms with E-state index in [2.05, 4.69) is 0 Å². The van der Waals surface area contributed by atoms with Gasteiger partial charge in [0.1, 0.15) is 12.4 Å². The molecule has 1 aromatic carbocycles. The first kappa shape index (κ1) is 16.1. The second-order valence-corrected chi connectivity index (χ2v) is 5.22. The van der Waals surface area contributed by atoms with Gasteiger partial charge in [-0.25, -0.2) is 0 Å². The van der Waals surface area contributed by atoms with Crippen LogP contribution in [0.5, 0.6) is 5.75 Å². The first-order chi connectivity index (χ1) is 10.6. The summed E-state index contributed by atoms with van der Waals surface area (Å²) in [5.41, 5.74) is 1.45. The van der Waals surface area contributed by atoms with Crippen molar-refractivity contribution in [3.05, 3.63) is 35.4 Å². The molecule has 5 nitrogen and oxygen atoms in total. The Hall–Kier alpha value is -2.30. The minimum Gasteiger partial charge on any atom is -0.488 e.